The molecule has 5 heteroatoms. The van der Waals surface area contributed by atoms with Crippen molar-refractivity contribution >= 4 is 11.8 Å². The molecule has 0 unspecified atom stereocenters. The van der Waals surface area contributed by atoms with Gasteiger partial charge in [0.05, 0.1) is 12.1 Å². The fourth-order valence-electron chi connectivity index (χ4n) is 3.37. The number of anilines is 1. The second kappa shape index (κ2) is 7.72. The number of hydrogen-bond donors (Lipinski definition) is 0. The average Bonchev–Trinajstić information content (AvgIpc) is 3.28. The summed E-state index contributed by atoms with van der Waals surface area (Å²) in [7, 11) is 0. The number of rotatable bonds is 6. The Hall–Kier alpha value is -2.30. The van der Waals surface area contributed by atoms with Crippen LogP contribution in [0.5, 0.6) is 0 Å². The number of benzene rings is 1. The summed E-state index contributed by atoms with van der Waals surface area (Å²) in [6.45, 7) is 8.52. The number of nitrogens with zero attached hydrogens (tertiary/aromatic N) is 3. The normalized spacial score (nSPS) is 14.3. The van der Waals surface area contributed by atoms with Crippen molar-refractivity contribution in [3.63, 3.8) is 0 Å². The number of carbonyl (C=O) groups is 1. The van der Waals surface area contributed by atoms with Crippen LogP contribution in [0.25, 0.3) is 11.3 Å². The summed E-state index contributed by atoms with van der Waals surface area (Å²) in [6.07, 6.45) is 2.84. The number of aromatic nitrogens is 1. The molecular weight excluding hydrogens is 314 g/mol. The Labute approximate surface area is 149 Å². The van der Waals surface area contributed by atoms with Crippen LogP contribution in [0.1, 0.15) is 45.6 Å². The fraction of sp³-hybridized carbons (Fsp3) is 0.500. The average molecular weight is 341 g/mol. The van der Waals surface area contributed by atoms with Gasteiger partial charge >= 0.3 is 0 Å². The van der Waals surface area contributed by atoms with Gasteiger partial charge < -0.3 is 14.3 Å². The predicted octanol–water partition coefficient (Wildman–Crippen LogP) is 4.09. The van der Waals surface area contributed by atoms with Crippen molar-refractivity contribution in [2.45, 2.75) is 52.6 Å². The van der Waals surface area contributed by atoms with Gasteiger partial charge in [0, 0.05) is 31.1 Å². The molecule has 1 aliphatic rings. The summed E-state index contributed by atoms with van der Waals surface area (Å²) in [4.78, 5) is 16.6. The van der Waals surface area contributed by atoms with E-state index < -0.39 is 0 Å². The van der Waals surface area contributed by atoms with E-state index in [-0.39, 0.29) is 11.9 Å². The highest BCUT2D eigenvalue weighted by atomic mass is 16.5. The lowest BCUT2D eigenvalue weighted by atomic mass is 10.1. The maximum absolute atomic E-state index is 12.4. The molecule has 0 bridgehead atoms. The summed E-state index contributed by atoms with van der Waals surface area (Å²) in [5.74, 6) is 0.980. The van der Waals surface area contributed by atoms with Gasteiger partial charge in [0.2, 0.25) is 11.8 Å². The fourth-order valence-corrected chi connectivity index (χ4v) is 3.37. The van der Waals surface area contributed by atoms with E-state index in [1.165, 1.54) is 12.8 Å². The lowest BCUT2D eigenvalue weighted by Gasteiger charge is -2.27. The zero-order valence-corrected chi connectivity index (χ0v) is 15.4. The van der Waals surface area contributed by atoms with E-state index in [9.17, 15) is 4.79 Å². The molecule has 1 fully saturated rings. The molecule has 0 aliphatic carbocycles. The Morgan fingerprint density at radius 2 is 1.92 bits per heavy atom. The van der Waals surface area contributed by atoms with Gasteiger partial charge in [-0.3, -0.25) is 4.79 Å². The standard InChI is InChI=1S/C20H27N3O2/c1-4-18(24)23(15(2)3)14-17-19(16-10-6-5-7-11-16)21-25-20(17)22-12-8-9-13-22/h5-7,10-11,15H,4,8-9,12-14H2,1-3H3. The van der Waals surface area contributed by atoms with Gasteiger partial charge in [-0.15, -0.1) is 0 Å². The smallest absolute Gasteiger partial charge is 0.232 e. The molecule has 1 amide bonds. The Bertz CT molecular complexity index is 703. The first-order valence-electron chi connectivity index (χ1n) is 9.20. The molecule has 5 nitrogen and oxygen atoms in total. The molecular formula is C20H27N3O2. The van der Waals surface area contributed by atoms with Gasteiger partial charge in [0.25, 0.3) is 0 Å². The molecule has 134 valence electrons. The zero-order valence-electron chi connectivity index (χ0n) is 15.4. The van der Waals surface area contributed by atoms with Gasteiger partial charge in [0.15, 0.2) is 0 Å². The zero-order chi connectivity index (χ0) is 17.8. The van der Waals surface area contributed by atoms with Crippen molar-refractivity contribution in [1.82, 2.24) is 10.1 Å². The minimum atomic E-state index is 0.136. The first-order chi connectivity index (χ1) is 12.1. The predicted molar refractivity (Wildman–Crippen MR) is 99.4 cm³/mol. The minimum absolute atomic E-state index is 0.136. The second-order valence-electron chi connectivity index (χ2n) is 6.84. The van der Waals surface area contributed by atoms with Gasteiger partial charge in [-0.2, -0.15) is 0 Å². The van der Waals surface area contributed by atoms with Crippen LogP contribution < -0.4 is 4.90 Å². The topological polar surface area (TPSA) is 49.6 Å². The highest BCUT2D eigenvalue weighted by Gasteiger charge is 2.27. The number of carbonyl (C=O) groups excluding carboxylic acids is 1. The first kappa shape index (κ1) is 17.5. The lowest BCUT2D eigenvalue weighted by Crippen LogP contribution is -2.36. The highest BCUT2D eigenvalue weighted by molar-refractivity contribution is 5.77. The number of amides is 1. The third-order valence-electron chi connectivity index (χ3n) is 4.78. The monoisotopic (exact) mass is 341 g/mol. The van der Waals surface area contributed by atoms with Gasteiger partial charge in [-0.1, -0.05) is 42.4 Å². The summed E-state index contributed by atoms with van der Waals surface area (Å²) < 4.78 is 5.77. The molecule has 0 radical (unpaired) electrons. The van der Waals surface area contributed by atoms with Crippen LogP contribution in [-0.2, 0) is 11.3 Å². The van der Waals surface area contributed by atoms with Crippen molar-refractivity contribution in [1.29, 1.82) is 0 Å². The molecule has 2 heterocycles. The van der Waals surface area contributed by atoms with Crippen LogP contribution in [0.3, 0.4) is 0 Å². The molecule has 0 saturated carbocycles. The molecule has 25 heavy (non-hydrogen) atoms. The maximum Gasteiger partial charge on any atom is 0.232 e. The quantitative estimate of drug-likeness (QED) is 0.794. The SMILES string of the molecule is CCC(=O)N(Cc1c(-c2ccccc2)noc1N1CCCC1)C(C)C. The van der Waals surface area contributed by atoms with E-state index in [1.807, 2.05) is 42.2 Å². The third-order valence-corrected chi connectivity index (χ3v) is 4.78. The van der Waals surface area contributed by atoms with Gasteiger partial charge in [-0.05, 0) is 26.7 Å². The molecule has 1 aromatic carbocycles. The molecule has 1 aromatic heterocycles. The molecule has 0 N–H and O–H groups in total. The van der Waals surface area contributed by atoms with Crippen LogP contribution in [0, 0.1) is 0 Å². The van der Waals surface area contributed by atoms with Gasteiger partial charge in [0.1, 0.15) is 5.69 Å². The molecule has 0 spiro atoms. The summed E-state index contributed by atoms with van der Waals surface area (Å²) in [5, 5.41) is 4.37. The van der Waals surface area contributed by atoms with Crippen LogP contribution >= 0.6 is 0 Å². The van der Waals surface area contributed by atoms with Crippen LogP contribution in [0.15, 0.2) is 34.9 Å². The first-order valence-corrected chi connectivity index (χ1v) is 9.20. The highest BCUT2D eigenvalue weighted by Crippen LogP contribution is 2.34. The van der Waals surface area contributed by atoms with Gasteiger partial charge in [-0.25, -0.2) is 0 Å². The Morgan fingerprint density at radius 3 is 2.52 bits per heavy atom. The van der Waals surface area contributed by atoms with Crippen molar-refractivity contribution in [3.8, 4) is 11.3 Å². The molecule has 3 rings (SSSR count). The van der Waals surface area contributed by atoms with Crippen molar-refractivity contribution in [2.75, 3.05) is 18.0 Å². The summed E-state index contributed by atoms with van der Waals surface area (Å²) in [6, 6.07) is 10.2. The van der Waals surface area contributed by atoms with E-state index in [0.29, 0.717) is 13.0 Å². The van der Waals surface area contributed by atoms with Crippen LogP contribution in [-0.4, -0.2) is 35.1 Å². The van der Waals surface area contributed by atoms with E-state index in [2.05, 4.69) is 23.9 Å². The minimum Gasteiger partial charge on any atom is -0.340 e. The molecule has 2 aromatic rings. The Balaban J connectivity index is 2.01. The van der Waals surface area contributed by atoms with Crippen LogP contribution in [0.4, 0.5) is 5.88 Å². The van der Waals surface area contributed by atoms with E-state index >= 15 is 0 Å². The van der Waals surface area contributed by atoms with E-state index in [1.54, 1.807) is 0 Å². The summed E-state index contributed by atoms with van der Waals surface area (Å²) >= 11 is 0. The third kappa shape index (κ3) is 3.70. The summed E-state index contributed by atoms with van der Waals surface area (Å²) in [5.41, 5.74) is 2.89. The Kier molecular flexibility index (Phi) is 5.41. The maximum atomic E-state index is 12.4. The van der Waals surface area contributed by atoms with E-state index in [0.717, 1.165) is 35.8 Å². The molecule has 0 atom stereocenters. The molecule has 1 aliphatic heterocycles. The van der Waals surface area contributed by atoms with Crippen molar-refractivity contribution in [2.24, 2.45) is 0 Å². The number of hydrogen-bond acceptors (Lipinski definition) is 4. The molecule has 1 saturated heterocycles. The Morgan fingerprint density at radius 1 is 1.24 bits per heavy atom. The largest absolute Gasteiger partial charge is 0.340 e. The van der Waals surface area contributed by atoms with Crippen LogP contribution in [0.2, 0.25) is 0 Å². The lowest BCUT2D eigenvalue weighted by molar-refractivity contribution is -0.133. The second-order valence-corrected chi connectivity index (χ2v) is 6.84. The van der Waals surface area contributed by atoms with E-state index in [4.69, 9.17) is 4.52 Å². The van der Waals surface area contributed by atoms with Crippen molar-refractivity contribution in [3.05, 3.63) is 35.9 Å². The van der Waals surface area contributed by atoms with Crippen molar-refractivity contribution < 1.29 is 9.32 Å².